The number of amides is 1. The lowest BCUT2D eigenvalue weighted by Gasteiger charge is -2.18. The zero-order valence-corrected chi connectivity index (χ0v) is 16.6. The molecule has 30 heavy (non-hydrogen) atoms. The van der Waals surface area contributed by atoms with Crippen molar-refractivity contribution >= 4 is 23.5 Å². The number of hydrogen-bond donors (Lipinski definition) is 2. The van der Waals surface area contributed by atoms with E-state index in [1.807, 2.05) is 0 Å². The van der Waals surface area contributed by atoms with Gasteiger partial charge in [-0.05, 0) is 53.1 Å². The van der Waals surface area contributed by atoms with Gasteiger partial charge in [0.05, 0.1) is 5.56 Å². The molecule has 0 aliphatic carbocycles. The van der Waals surface area contributed by atoms with Crippen molar-refractivity contribution in [2.75, 3.05) is 7.05 Å². The summed E-state index contributed by atoms with van der Waals surface area (Å²) in [4.78, 5) is 24.4. The van der Waals surface area contributed by atoms with Crippen LogP contribution in [-0.4, -0.2) is 24.0 Å². The molecular weight excluding hydrogens is 409 g/mol. The molecule has 0 spiro atoms. The summed E-state index contributed by atoms with van der Waals surface area (Å²) in [6.45, 7) is 0. The summed E-state index contributed by atoms with van der Waals surface area (Å²) in [6.07, 6.45) is -0.625. The van der Waals surface area contributed by atoms with E-state index in [0.29, 0.717) is 33.0 Å². The molecule has 7 heteroatoms. The fourth-order valence-electron chi connectivity index (χ4n) is 3.73. The Morgan fingerprint density at radius 2 is 1.80 bits per heavy atom. The van der Waals surface area contributed by atoms with Crippen LogP contribution in [0, 0.1) is 5.82 Å². The molecule has 152 valence electrons. The van der Waals surface area contributed by atoms with Gasteiger partial charge in [0, 0.05) is 17.6 Å². The number of ether oxygens (including phenoxy) is 1. The number of halogens is 2. The third-order valence-corrected chi connectivity index (χ3v) is 5.39. The predicted molar refractivity (Wildman–Crippen MR) is 110 cm³/mol. The van der Waals surface area contributed by atoms with E-state index >= 15 is 0 Å². The molecule has 3 aromatic carbocycles. The number of carboxylic acids is 1. The Kier molecular flexibility index (Phi) is 5.18. The van der Waals surface area contributed by atoms with Crippen LogP contribution in [0.3, 0.4) is 0 Å². The highest BCUT2D eigenvalue weighted by Crippen LogP contribution is 2.47. The molecule has 0 saturated heterocycles. The number of rotatable bonds is 4. The van der Waals surface area contributed by atoms with Crippen LogP contribution >= 0.6 is 11.6 Å². The zero-order valence-electron chi connectivity index (χ0n) is 15.9. The Bertz CT molecular complexity index is 1150. The minimum atomic E-state index is -1.10. The topological polar surface area (TPSA) is 75.6 Å². The predicted octanol–water partition coefficient (Wildman–Crippen LogP) is 4.81. The first-order valence-corrected chi connectivity index (χ1v) is 9.57. The monoisotopic (exact) mass is 425 g/mol. The molecule has 3 aromatic rings. The van der Waals surface area contributed by atoms with Crippen molar-refractivity contribution in [3.63, 3.8) is 0 Å². The molecule has 1 amide bonds. The Morgan fingerprint density at radius 3 is 2.47 bits per heavy atom. The third-order valence-electron chi connectivity index (χ3n) is 5.15. The van der Waals surface area contributed by atoms with Crippen LogP contribution in [-0.2, 0) is 4.79 Å². The van der Waals surface area contributed by atoms with Gasteiger partial charge in [0.25, 0.3) is 0 Å². The SMILES string of the molecule is CNC(=O)C1c2cc(-c3ccc(Cl)cc3C(=O)O)ccc2OC1c1ccc(F)cc1. The summed E-state index contributed by atoms with van der Waals surface area (Å²) in [5.41, 5.74) is 2.47. The molecule has 2 unspecified atom stereocenters. The molecule has 5 nitrogen and oxygen atoms in total. The maximum Gasteiger partial charge on any atom is 0.336 e. The molecule has 2 atom stereocenters. The maximum atomic E-state index is 13.4. The summed E-state index contributed by atoms with van der Waals surface area (Å²) < 4.78 is 19.4. The third kappa shape index (κ3) is 3.50. The smallest absolute Gasteiger partial charge is 0.336 e. The van der Waals surface area contributed by atoms with E-state index in [1.165, 1.54) is 25.2 Å². The first kappa shape index (κ1) is 19.9. The summed E-state index contributed by atoms with van der Waals surface area (Å²) >= 11 is 5.96. The van der Waals surface area contributed by atoms with E-state index in [1.54, 1.807) is 42.5 Å². The highest BCUT2D eigenvalue weighted by atomic mass is 35.5. The molecule has 1 aliphatic heterocycles. The van der Waals surface area contributed by atoms with Gasteiger partial charge in [0.2, 0.25) is 5.91 Å². The highest BCUT2D eigenvalue weighted by Gasteiger charge is 2.40. The first-order valence-electron chi connectivity index (χ1n) is 9.20. The van der Waals surface area contributed by atoms with Crippen LogP contribution in [0.15, 0.2) is 60.7 Å². The van der Waals surface area contributed by atoms with E-state index in [-0.39, 0.29) is 17.3 Å². The molecule has 4 rings (SSSR count). The fraction of sp³-hybridized carbons (Fsp3) is 0.130. The standard InChI is InChI=1S/C23H17ClFNO4/c1-26-22(27)20-18-10-13(16-8-5-14(24)11-17(16)23(28)29)4-9-19(18)30-21(20)12-2-6-15(25)7-3-12/h2-11,20-21H,1H3,(H,26,27)(H,28,29). The van der Waals surface area contributed by atoms with Crippen LogP contribution in [0.5, 0.6) is 5.75 Å². The van der Waals surface area contributed by atoms with Gasteiger partial charge in [-0.1, -0.05) is 35.9 Å². The van der Waals surface area contributed by atoms with Crippen LogP contribution in [0.2, 0.25) is 5.02 Å². The van der Waals surface area contributed by atoms with Crippen molar-refractivity contribution in [1.82, 2.24) is 5.32 Å². The van der Waals surface area contributed by atoms with E-state index in [9.17, 15) is 19.1 Å². The average Bonchev–Trinajstić information content (AvgIpc) is 3.12. The van der Waals surface area contributed by atoms with Crippen molar-refractivity contribution < 1.29 is 23.8 Å². The Labute approximate surface area is 177 Å². The minimum absolute atomic E-state index is 0.0629. The van der Waals surface area contributed by atoms with E-state index in [4.69, 9.17) is 16.3 Å². The van der Waals surface area contributed by atoms with E-state index in [2.05, 4.69) is 5.32 Å². The minimum Gasteiger partial charge on any atom is -0.484 e. The van der Waals surface area contributed by atoms with Crippen molar-refractivity contribution in [3.8, 4) is 16.9 Å². The fourth-order valence-corrected chi connectivity index (χ4v) is 3.90. The van der Waals surface area contributed by atoms with Crippen molar-refractivity contribution in [1.29, 1.82) is 0 Å². The van der Waals surface area contributed by atoms with Gasteiger partial charge in [0.1, 0.15) is 23.6 Å². The molecule has 1 heterocycles. The largest absolute Gasteiger partial charge is 0.484 e. The number of fused-ring (bicyclic) bond motifs is 1. The zero-order chi connectivity index (χ0) is 21.4. The van der Waals surface area contributed by atoms with E-state index in [0.717, 1.165) is 0 Å². The number of aromatic carboxylic acids is 1. The summed E-state index contributed by atoms with van der Waals surface area (Å²) in [5.74, 6) is -1.88. The van der Waals surface area contributed by atoms with Gasteiger partial charge in [-0.25, -0.2) is 9.18 Å². The number of carbonyl (C=O) groups excluding carboxylic acids is 1. The first-order chi connectivity index (χ1) is 14.4. The molecule has 0 saturated carbocycles. The van der Waals surface area contributed by atoms with Crippen LogP contribution in [0.25, 0.3) is 11.1 Å². The second-order valence-corrected chi connectivity index (χ2v) is 7.37. The van der Waals surface area contributed by atoms with Gasteiger partial charge >= 0.3 is 5.97 Å². The molecule has 0 aromatic heterocycles. The van der Waals surface area contributed by atoms with Crippen molar-refractivity contribution in [2.45, 2.75) is 12.0 Å². The summed E-state index contributed by atoms with van der Waals surface area (Å²) in [6, 6.07) is 15.7. The van der Waals surface area contributed by atoms with Gasteiger partial charge in [-0.3, -0.25) is 4.79 Å². The number of carbonyl (C=O) groups is 2. The Morgan fingerprint density at radius 1 is 1.07 bits per heavy atom. The quantitative estimate of drug-likeness (QED) is 0.629. The van der Waals surface area contributed by atoms with Crippen LogP contribution < -0.4 is 10.1 Å². The highest BCUT2D eigenvalue weighted by molar-refractivity contribution is 6.31. The lowest BCUT2D eigenvalue weighted by Crippen LogP contribution is -2.28. The number of benzene rings is 3. The second-order valence-electron chi connectivity index (χ2n) is 6.93. The van der Waals surface area contributed by atoms with Gasteiger partial charge in [0.15, 0.2) is 0 Å². The lowest BCUT2D eigenvalue weighted by atomic mass is 9.88. The lowest BCUT2D eigenvalue weighted by molar-refractivity contribution is -0.123. The Hall–Kier alpha value is -3.38. The maximum absolute atomic E-state index is 13.4. The average molecular weight is 426 g/mol. The normalized spacial score (nSPS) is 17.2. The molecule has 1 aliphatic rings. The number of nitrogens with one attached hydrogen (secondary N) is 1. The van der Waals surface area contributed by atoms with Gasteiger partial charge in [-0.15, -0.1) is 0 Å². The van der Waals surface area contributed by atoms with E-state index < -0.39 is 18.0 Å². The molecule has 2 N–H and O–H groups in total. The molecular formula is C23H17ClFNO4. The van der Waals surface area contributed by atoms with Crippen LogP contribution in [0.4, 0.5) is 4.39 Å². The van der Waals surface area contributed by atoms with Crippen molar-refractivity contribution in [3.05, 3.63) is 88.2 Å². The van der Waals surface area contributed by atoms with Gasteiger partial charge in [-0.2, -0.15) is 0 Å². The summed E-state index contributed by atoms with van der Waals surface area (Å²) in [5, 5.41) is 12.5. The summed E-state index contributed by atoms with van der Waals surface area (Å²) in [7, 11) is 1.54. The number of likely N-dealkylation sites (N-methyl/N-ethyl adjacent to an activating group) is 1. The molecule has 0 radical (unpaired) electrons. The van der Waals surface area contributed by atoms with Crippen LogP contribution in [0.1, 0.15) is 33.5 Å². The number of carboxylic acid groups (broad SMARTS) is 1. The number of hydrogen-bond acceptors (Lipinski definition) is 3. The van der Waals surface area contributed by atoms with Gasteiger partial charge < -0.3 is 15.2 Å². The van der Waals surface area contributed by atoms with Crippen molar-refractivity contribution in [2.24, 2.45) is 0 Å². The molecule has 0 bridgehead atoms. The second kappa shape index (κ2) is 7.80. The Balaban J connectivity index is 1.82. The molecule has 0 fully saturated rings.